The second kappa shape index (κ2) is 9.71. The highest BCUT2D eigenvalue weighted by Crippen LogP contribution is 2.43. The molecule has 3 nitrogen and oxygen atoms in total. The first-order chi connectivity index (χ1) is 23.8. The number of rotatable bonds is 2. The fourth-order valence-electron chi connectivity index (χ4n) is 7.69. The molecule has 0 amide bonds. The molecule has 4 heterocycles. The molecule has 222 valence electrons. The second-order valence-corrected chi connectivity index (χ2v) is 13.6. The summed E-state index contributed by atoms with van der Waals surface area (Å²) in [7, 11) is 0. The Hall–Kier alpha value is -6.10. The molecule has 7 aromatic carbocycles. The molecule has 0 aliphatic carbocycles. The van der Waals surface area contributed by atoms with Gasteiger partial charge in [-0.15, -0.1) is 11.3 Å². The van der Waals surface area contributed by atoms with E-state index in [-0.39, 0.29) is 0 Å². The Morgan fingerprint density at radius 3 is 1.96 bits per heavy atom. The normalized spacial score (nSPS) is 12.2. The SMILES string of the molecule is c1ccc2cc3c(cc2c1)c(-c1ccc(-c2cc4c(sc5ccc6ccccc6c54)c4nc5ccccc5n24)cc1)nc1ccccc13. The number of aromatic nitrogens is 3. The van der Waals surface area contributed by atoms with Crippen LogP contribution in [0.25, 0.3) is 103 Å². The summed E-state index contributed by atoms with van der Waals surface area (Å²) in [4.78, 5) is 10.5. The summed E-state index contributed by atoms with van der Waals surface area (Å²) in [6.45, 7) is 0. The number of imidazole rings is 1. The van der Waals surface area contributed by atoms with Crippen LogP contribution >= 0.6 is 11.3 Å². The maximum absolute atomic E-state index is 5.25. The quantitative estimate of drug-likeness (QED) is 0.141. The third-order valence-electron chi connectivity index (χ3n) is 9.92. The molecule has 4 aromatic heterocycles. The van der Waals surface area contributed by atoms with Crippen LogP contribution < -0.4 is 0 Å². The van der Waals surface area contributed by atoms with E-state index in [2.05, 4.69) is 156 Å². The molecule has 0 fully saturated rings. The lowest BCUT2D eigenvalue weighted by atomic mass is 9.96. The van der Waals surface area contributed by atoms with Gasteiger partial charge < -0.3 is 0 Å². The highest BCUT2D eigenvalue weighted by Gasteiger charge is 2.19. The van der Waals surface area contributed by atoms with Crippen molar-refractivity contribution in [3.63, 3.8) is 0 Å². The van der Waals surface area contributed by atoms with E-state index in [1.54, 1.807) is 0 Å². The van der Waals surface area contributed by atoms with Gasteiger partial charge in [0.05, 0.1) is 32.6 Å². The van der Waals surface area contributed by atoms with Gasteiger partial charge in [0.25, 0.3) is 0 Å². The van der Waals surface area contributed by atoms with Gasteiger partial charge in [0.1, 0.15) is 0 Å². The van der Waals surface area contributed by atoms with Crippen LogP contribution in [0.2, 0.25) is 0 Å². The van der Waals surface area contributed by atoms with Crippen molar-refractivity contribution >= 4 is 91.4 Å². The van der Waals surface area contributed by atoms with Gasteiger partial charge in [0, 0.05) is 31.8 Å². The minimum Gasteiger partial charge on any atom is -0.291 e. The molecule has 0 aliphatic rings. The standard InChI is InChI=1S/C44H25N3S/c1-2-11-30-24-34-33(23-29(30)10-1)32-13-5-6-14-36(32)45-42(34)28-19-17-27(18-20-28)39-25-35-41-31-12-4-3-9-26(31)21-22-40(41)48-43(35)44-46-37-15-7-8-16-38(37)47(39)44/h1-25H. The monoisotopic (exact) mass is 627 g/mol. The number of pyridine rings is 2. The van der Waals surface area contributed by atoms with E-state index in [9.17, 15) is 0 Å². The Balaban J connectivity index is 1.18. The van der Waals surface area contributed by atoms with Crippen molar-refractivity contribution in [1.82, 2.24) is 14.4 Å². The molecule has 0 radical (unpaired) electrons. The van der Waals surface area contributed by atoms with E-state index in [0.29, 0.717) is 0 Å². The molecule has 0 saturated carbocycles. The van der Waals surface area contributed by atoms with Crippen LogP contribution in [0.4, 0.5) is 0 Å². The zero-order valence-electron chi connectivity index (χ0n) is 25.7. The number of para-hydroxylation sites is 3. The molecule has 0 saturated heterocycles. The lowest BCUT2D eigenvalue weighted by molar-refractivity contribution is 1.25. The van der Waals surface area contributed by atoms with Crippen LogP contribution in [0.5, 0.6) is 0 Å². The van der Waals surface area contributed by atoms with Gasteiger partial charge in [-0.05, 0) is 75.0 Å². The fourth-order valence-corrected chi connectivity index (χ4v) is 8.87. The first kappa shape index (κ1) is 26.0. The fraction of sp³-hybridized carbons (Fsp3) is 0. The molecule has 48 heavy (non-hydrogen) atoms. The average Bonchev–Trinajstić information content (AvgIpc) is 3.73. The Kier molecular flexibility index (Phi) is 5.26. The second-order valence-electron chi connectivity index (χ2n) is 12.6. The average molecular weight is 628 g/mol. The smallest absolute Gasteiger partial charge is 0.156 e. The summed E-state index contributed by atoms with van der Waals surface area (Å²) >= 11 is 1.84. The molecular weight excluding hydrogens is 603 g/mol. The molecule has 11 rings (SSSR count). The number of hydrogen-bond donors (Lipinski definition) is 0. The van der Waals surface area contributed by atoms with Crippen LogP contribution in [0.3, 0.4) is 0 Å². The first-order valence-corrected chi connectivity index (χ1v) is 17.1. The minimum absolute atomic E-state index is 1.00. The third kappa shape index (κ3) is 3.63. The van der Waals surface area contributed by atoms with Crippen molar-refractivity contribution in [1.29, 1.82) is 0 Å². The summed E-state index contributed by atoms with van der Waals surface area (Å²) in [6, 6.07) is 54.7. The third-order valence-corrected chi connectivity index (χ3v) is 11.1. The predicted octanol–water partition coefficient (Wildman–Crippen LogP) is 12.2. The summed E-state index contributed by atoms with van der Waals surface area (Å²) in [5.41, 5.74) is 8.51. The van der Waals surface area contributed by atoms with Crippen LogP contribution in [0.15, 0.2) is 152 Å². The number of benzene rings is 7. The van der Waals surface area contributed by atoms with Gasteiger partial charge in [0.2, 0.25) is 0 Å². The lowest BCUT2D eigenvalue weighted by Crippen LogP contribution is -1.94. The van der Waals surface area contributed by atoms with E-state index in [4.69, 9.17) is 9.97 Å². The summed E-state index contributed by atoms with van der Waals surface area (Å²) in [5, 5.41) is 11.1. The Morgan fingerprint density at radius 1 is 0.458 bits per heavy atom. The molecule has 4 heteroatoms. The van der Waals surface area contributed by atoms with Crippen molar-refractivity contribution in [3.05, 3.63) is 152 Å². The zero-order chi connectivity index (χ0) is 31.3. The molecule has 0 aliphatic heterocycles. The van der Waals surface area contributed by atoms with Crippen molar-refractivity contribution in [2.75, 3.05) is 0 Å². The number of nitrogens with zero attached hydrogens (tertiary/aromatic N) is 3. The topological polar surface area (TPSA) is 30.2 Å². The van der Waals surface area contributed by atoms with Crippen LogP contribution in [0.1, 0.15) is 0 Å². The van der Waals surface area contributed by atoms with E-state index in [1.165, 1.54) is 57.9 Å². The summed E-state index contributed by atoms with van der Waals surface area (Å²) in [5.74, 6) is 0. The Labute approximate surface area is 279 Å². The van der Waals surface area contributed by atoms with E-state index < -0.39 is 0 Å². The number of fused-ring (bicyclic) bond motifs is 13. The summed E-state index contributed by atoms with van der Waals surface area (Å²) in [6.07, 6.45) is 0. The lowest BCUT2D eigenvalue weighted by Gasteiger charge is -2.13. The molecule has 0 spiro atoms. The highest BCUT2D eigenvalue weighted by atomic mass is 32.1. The van der Waals surface area contributed by atoms with Crippen molar-refractivity contribution < 1.29 is 0 Å². The molecule has 0 atom stereocenters. The van der Waals surface area contributed by atoms with Gasteiger partial charge in [0.15, 0.2) is 5.65 Å². The maximum Gasteiger partial charge on any atom is 0.156 e. The minimum atomic E-state index is 1.00. The first-order valence-electron chi connectivity index (χ1n) is 16.2. The predicted molar refractivity (Wildman–Crippen MR) is 204 cm³/mol. The highest BCUT2D eigenvalue weighted by molar-refractivity contribution is 7.26. The molecule has 0 N–H and O–H groups in total. The van der Waals surface area contributed by atoms with Crippen molar-refractivity contribution in [2.24, 2.45) is 0 Å². The Morgan fingerprint density at radius 2 is 1.12 bits per heavy atom. The largest absolute Gasteiger partial charge is 0.291 e. The van der Waals surface area contributed by atoms with E-state index in [1.807, 2.05) is 11.3 Å². The van der Waals surface area contributed by atoms with Gasteiger partial charge >= 0.3 is 0 Å². The van der Waals surface area contributed by atoms with Crippen LogP contribution in [0, 0.1) is 0 Å². The van der Waals surface area contributed by atoms with Gasteiger partial charge in [-0.2, -0.15) is 0 Å². The van der Waals surface area contributed by atoms with E-state index >= 15 is 0 Å². The van der Waals surface area contributed by atoms with Crippen molar-refractivity contribution in [3.8, 4) is 22.5 Å². The van der Waals surface area contributed by atoms with Gasteiger partial charge in [-0.3, -0.25) is 4.40 Å². The zero-order valence-corrected chi connectivity index (χ0v) is 26.5. The maximum atomic E-state index is 5.25. The molecule has 0 bridgehead atoms. The van der Waals surface area contributed by atoms with Gasteiger partial charge in [-0.1, -0.05) is 109 Å². The molecule has 11 aromatic rings. The van der Waals surface area contributed by atoms with Crippen LogP contribution in [-0.2, 0) is 0 Å². The summed E-state index contributed by atoms with van der Waals surface area (Å²) < 4.78 is 4.85. The molecule has 0 unspecified atom stereocenters. The Bertz CT molecular complexity index is 3110. The van der Waals surface area contributed by atoms with Crippen molar-refractivity contribution in [2.45, 2.75) is 0 Å². The number of hydrogen-bond acceptors (Lipinski definition) is 3. The van der Waals surface area contributed by atoms with Crippen LogP contribution in [-0.4, -0.2) is 14.4 Å². The van der Waals surface area contributed by atoms with E-state index in [0.717, 1.165) is 44.7 Å². The van der Waals surface area contributed by atoms with Gasteiger partial charge in [-0.25, -0.2) is 9.97 Å². The molecular formula is C44H25N3S. The number of thiophene rings is 1.